The smallest absolute Gasteiger partial charge is 0.272 e. The highest BCUT2D eigenvalue weighted by molar-refractivity contribution is 5.94. The second-order valence-electron chi connectivity index (χ2n) is 7.23. The van der Waals surface area contributed by atoms with Crippen LogP contribution in [0, 0.1) is 5.92 Å². The van der Waals surface area contributed by atoms with Crippen LogP contribution in [-0.2, 0) is 4.74 Å². The number of hydrogen-bond donors (Lipinski definition) is 1. The maximum Gasteiger partial charge on any atom is 0.272 e. The van der Waals surface area contributed by atoms with E-state index >= 15 is 0 Å². The van der Waals surface area contributed by atoms with Gasteiger partial charge in [-0.25, -0.2) is 4.98 Å². The Morgan fingerprint density at radius 2 is 1.92 bits per heavy atom. The normalized spacial score (nSPS) is 23.3. The number of carbonyl (C=O) groups is 1. The minimum Gasteiger partial charge on any atom is -0.366 e. The molecule has 1 amide bonds. The van der Waals surface area contributed by atoms with Crippen molar-refractivity contribution < 1.29 is 9.53 Å². The zero-order valence-corrected chi connectivity index (χ0v) is 14.5. The van der Waals surface area contributed by atoms with Crippen molar-refractivity contribution in [3.05, 3.63) is 66.0 Å². The van der Waals surface area contributed by atoms with Crippen LogP contribution in [-0.4, -0.2) is 40.0 Å². The summed E-state index contributed by atoms with van der Waals surface area (Å²) in [6, 6.07) is 15.9. The first-order valence-corrected chi connectivity index (χ1v) is 9.22. The lowest BCUT2D eigenvalue weighted by Gasteiger charge is -2.38. The van der Waals surface area contributed by atoms with E-state index in [2.05, 4.69) is 22.1 Å². The van der Waals surface area contributed by atoms with Crippen LogP contribution in [0.15, 0.2) is 54.7 Å². The van der Waals surface area contributed by atoms with Gasteiger partial charge in [0.05, 0.1) is 12.6 Å². The van der Waals surface area contributed by atoms with Crippen LogP contribution < -0.4 is 0 Å². The SMILES string of the molecule is O=C(c1ccc2cc[nH]c2n1)N1C[C@@H](c2ccccc2)O[C@@H](C2CC2)C1. The summed E-state index contributed by atoms with van der Waals surface area (Å²) in [6.45, 7) is 1.22. The van der Waals surface area contributed by atoms with E-state index in [1.54, 1.807) is 0 Å². The van der Waals surface area contributed by atoms with Crippen LogP contribution in [0.2, 0.25) is 0 Å². The maximum absolute atomic E-state index is 13.1. The Morgan fingerprint density at radius 3 is 2.73 bits per heavy atom. The second kappa shape index (κ2) is 6.25. The fraction of sp³-hybridized carbons (Fsp3) is 0.333. The summed E-state index contributed by atoms with van der Waals surface area (Å²) in [7, 11) is 0. The Labute approximate surface area is 152 Å². The van der Waals surface area contributed by atoms with Gasteiger partial charge in [0, 0.05) is 18.1 Å². The predicted molar refractivity (Wildman–Crippen MR) is 98.8 cm³/mol. The number of benzene rings is 1. The van der Waals surface area contributed by atoms with Gasteiger partial charge >= 0.3 is 0 Å². The number of aromatic amines is 1. The number of amides is 1. The number of H-pyrrole nitrogens is 1. The third-order valence-corrected chi connectivity index (χ3v) is 5.36. The minimum absolute atomic E-state index is 0.0172. The van der Waals surface area contributed by atoms with Gasteiger partial charge in [-0.15, -0.1) is 0 Å². The molecule has 1 saturated carbocycles. The molecule has 1 N–H and O–H groups in total. The van der Waals surface area contributed by atoms with Crippen LogP contribution in [0.25, 0.3) is 11.0 Å². The average molecular weight is 347 g/mol. The van der Waals surface area contributed by atoms with Gasteiger partial charge in [-0.2, -0.15) is 0 Å². The fourth-order valence-electron chi connectivity index (χ4n) is 3.75. The summed E-state index contributed by atoms with van der Waals surface area (Å²) >= 11 is 0. The van der Waals surface area contributed by atoms with E-state index in [0.29, 0.717) is 24.7 Å². The van der Waals surface area contributed by atoms with Crippen molar-refractivity contribution in [2.75, 3.05) is 13.1 Å². The topological polar surface area (TPSA) is 58.2 Å². The lowest BCUT2D eigenvalue weighted by Crippen LogP contribution is -2.47. The molecule has 1 saturated heterocycles. The van der Waals surface area contributed by atoms with Gasteiger partial charge in [0.25, 0.3) is 5.91 Å². The molecular formula is C21H21N3O2. The molecule has 1 aliphatic heterocycles. The Hall–Kier alpha value is -2.66. The van der Waals surface area contributed by atoms with Gasteiger partial charge in [-0.05, 0) is 42.5 Å². The molecule has 0 bridgehead atoms. The lowest BCUT2D eigenvalue weighted by molar-refractivity contribution is -0.0864. The van der Waals surface area contributed by atoms with Crippen molar-refractivity contribution in [2.45, 2.75) is 25.0 Å². The highest BCUT2D eigenvalue weighted by Crippen LogP contribution is 2.39. The Balaban J connectivity index is 1.43. The van der Waals surface area contributed by atoms with Crippen molar-refractivity contribution in [1.82, 2.24) is 14.9 Å². The Kier molecular flexibility index (Phi) is 3.75. The second-order valence-corrected chi connectivity index (χ2v) is 7.23. The molecule has 1 aromatic carbocycles. The zero-order valence-electron chi connectivity index (χ0n) is 14.5. The van der Waals surface area contributed by atoms with E-state index in [-0.39, 0.29) is 18.1 Å². The number of aromatic nitrogens is 2. The van der Waals surface area contributed by atoms with Crippen LogP contribution in [0.3, 0.4) is 0 Å². The van der Waals surface area contributed by atoms with Crippen molar-refractivity contribution in [3.63, 3.8) is 0 Å². The fourth-order valence-corrected chi connectivity index (χ4v) is 3.75. The number of pyridine rings is 1. The first kappa shape index (κ1) is 15.6. The van der Waals surface area contributed by atoms with Crippen molar-refractivity contribution >= 4 is 16.9 Å². The average Bonchev–Trinajstić information content (AvgIpc) is 3.45. The van der Waals surface area contributed by atoms with Crippen molar-refractivity contribution in [1.29, 1.82) is 0 Å². The van der Waals surface area contributed by atoms with Crippen LogP contribution in [0.5, 0.6) is 0 Å². The van der Waals surface area contributed by atoms with Crippen molar-refractivity contribution in [2.24, 2.45) is 5.92 Å². The van der Waals surface area contributed by atoms with E-state index in [1.807, 2.05) is 47.5 Å². The number of hydrogen-bond acceptors (Lipinski definition) is 3. The molecule has 0 radical (unpaired) electrons. The standard InChI is InChI=1S/C21H21N3O2/c25-21(17-9-8-16-10-11-22-20(16)23-17)24-12-18(14-4-2-1-3-5-14)26-19(13-24)15-6-7-15/h1-5,8-11,15,18-19H,6-7,12-13H2,(H,22,23)/t18-,19+/m0/s1. The molecule has 3 heterocycles. The highest BCUT2D eigenvalue weighted by Gasteiger charge is 2.40. The molecule has 2 aliphatic rings. The molecule has 2 aromatic heterocycles. The number of nitrogens with one attached hydrogen (secondary N) is 1. The summed E-state index contributed by atoms with van der Waals surface area (Å²) < 4.78 is 6.35. The first-order chi connectivity index (χ1) is 12.8. The summed E-state index contributed by atoms with van der Waals surface area (Å²) in [5.74, 6) is 0.562. The number of carbonyl (C=O) groups excluding carboxylic acids is 1. The molecule has 5 rings (SSSR count). The number of rotatable bonds is 3. The van der Waals surface area contributed by atoms with E-state index in [4.69, 9.17) is 4.74 Å². The van der Waals surface area contributed by atoms with Crippen LogP contribution in [0.4, 0.5) is 0 Å². The monoisotopic (exact) mass is 347 g/mol. The maximum atomic E-state index is 13.1. The largest absolute Gasteiger partial charge is 0.366 e. The van der Waals surface area contributed by atoms with Gasteiger partial charge in [0.1, 0.15) is 17.4 Å². The number of nitrogens with zero attached hydrogens (tertiary/aromatic N) is 2. The molecule has 3 aromatic rings. The number of morpholine rings is 1. The van der Waals surface area contributed by atoms with Crippen LogP contribution >= 0.6 is 0 Å². The zero-order chi connectivity index (χ0) is 17.5. The van der Waals surface area contributed by atoms with Crippen molar-refractivity contribution in [3.8, 4) is 0 Å². The van der Waals surface area contributed by atoms with E-state index in [0.717, 1.165) is 16.6 Å². The third-order valence-electron chi connectivity index (χ3n) is 5.36. The molecule has 132 valence electrons. The first-order valence-electron chi connectivity index (χ1n) is 9.22. The quantitative estimate of drug-likeness (QED) is 0.788. The molecule has 2 fully saturated rings. The lowest BCUT2D eigenvalue weighted by atomic mass is 10.0. The van der Waals surface area contributed by atoms with E-state index in [1.165, 1.54) is 12.8 Å². The van der Waals surface area contributed by atoms with Gasteiger partial charge < -0.3 is 14.6 Å². The van der Waals surface area contributed by atoms with Crippen LogP contribution in [0.1, 0.15) is 35.0 Å². The summed E-state index contributed by atoms with van der Waals surface area (Å²) in [5, 5.41) is 1.02. The van der Waals surface area contributed by atoms with Gasteiger partial charge in [0.15, 0.2) is 0 Å². The van der Waals surface area contributed by atoms with E-state index in [9.17, 15) is 4.79 Å². The summed E-state index contributed by atoms with van der Waals surface area (Å²) in [4.78, 5) is 22.6. The minimum atomic E-state index is -0.0753. The predicted octanol–water partition coefficient (Wildman–Crippen LogP) is 3.56. The summed E-state index contributed by atoms with van der Waals surface area (Å²) in [5.41, 5.74) is 2.37. The van der Waals surface area contributed by atoms with E-state index < -0.39 is 0 Å². The molecule has 2 atom stereocenters. The third kappa shape index (κ3) is 2.88. The van der Waals surface area contributed by atoms with Gasteiger partial charge in [0.2, 0.25) is 0 Å². The molecule has 1 aliphatic carbocycles. The summed E-state index contributed by atoms with van der Waals surface area (Å²) in [6.07, 6.45) is 4.28. The Morgan fingerprint density at radius 1 is 1.08 bits per heavy atom. The number of ether oxygens (including phenoxy) is 1. The van der Waals surface area contributed by atoms with Gasteiger partial charge in [-0.3, -0.25) is 4.79 Å². The molecular weight excluding hydrogens is 326 g/mol. The number of fused-ring (bicyclic) bond motifs is 1. The van der Waals surface area contributed by atoms with Gasteiger partial charge in [-0.1, -0.05) is 30.3 Å². The molecule has 0 unspecified atom stereocenters. The highest BCUT2D eigenvalue weighted by atomic mass is 16.5. The molecule has 26 heavy (non-hydrogen) atoms. The Bertz CT molecular complexity index is 933. The molecule has 5 heteroatoms. The molecule has 0 spiro atoms. The molecule has 5 nitrogen and oxygen atoms in total.